The molecular weight excluding hydrogens is 464 g/mol. The number of hydrogen-bond donors (Lipinski definition) is 2. The van der Waals surface area contributed by atoms with E-state index in [2.05, 4.69) is 47.6 Å². The highest BCUT2D eigenvalue weighted by Crippen LogP contribution is 2.75. The van der Waals surface area contributed by atoms with Gasteiger partial charge in [0, 0.05) is 12.8 Å². The largest absolute Gasteiger partial charge is 0.481 e. The molecule has 0 radical (unpaired) electrons. The molecule has 0 saturated heterocycles. The van der Waals surface area contributed by atoms with Gasteiger partial charge >= 0.3 is 11.9 Å². The first-order valence-corrected chi connectivity index (χ1v) is 14.9. The average Bonchev–Trinajstić information content (AvgIpc) is 2.79. The molecule has 4 saturated carbocycles. The van der Waals surface area contributed by atoms with Crippen LogP contribution in [-0.2, 0) is 14.3 Å². The number of hydrogen-bond acceptors (Lipinski definition) is 4. The molecule has 12 atom stereocenters. The van der Waals surface area contributed by atoms with Gasteiger partial charge in [0.05, 0.1) is 6.10 Å². The molecule has 2 N–H and O–H groups in total. The normalized spacial score (nSPS) is 55.1. The van der Waals surface area contributed by atoms with Gasteiger partial charge in [-0.3, -0.25) is 9.59 Å². The molecule has 37 heavy (non-hydrogen) atoms. The van der Waals surface area contributed by atoms with E-state index in [1.54, 1.807) is 6.92 Å². The van der Waals surface area contributed by atoms with Crippen LogP contribution >= 0.6 is 0 Å². The Bertz CT molecular complexity index is 1020. The molecule has 208 valence electrons. The molecule has 5 rings (SSSR count). The average molecular weight is 515 g/mol. The van der Waals surface area contributed by atoms with E-state index in [4.69, 9.17) is 4.74 Å². The minimum Gasteiger partial charge on any atom is -0.481 e. The van der Waals surface area contributed by atoms with Gasteiger partial charge in [0.2, 0.25) is 0 Å². The first-order valence-electron chi connectivity index (χ1n) is 14.9. The molecule has 0 bridgehead atoms. The Balaban J connectivity index is 1.61. The number of carboxylic acid groups (broad SMARTS) is 1. The summed E-state index contributed by atoms with van der Waals surface area (Å²) in [5, 5.41) is 22.6. The molecule has 5 aliphatic carbocycles. The van der Waals surface area contributed by atoms with Gasteiger partial charge < -0.3 is 14.9 Å². The number of esters is 1. The van der Waals surface area contributed by atoms with Crippen molar-refractivity contribution < 1.29 is 24.5 Å². The molecule has 5 aliphatic rings. The van der Waals surface area contributed by atoms with Gasteiger partial charge in [-0.05, 0) is 104 Å². The Hall–Kier alpha value is -1.36. The van der Waals surface area contributed by atoms with Crippen molar-refractivity contribution in [2.24, 2.45) is 56.7 Å². The first kappa shape index (κ1) is 27.2. The lowest BCUT2D eigenvalue weighted by atomic mass is 9.33. The fraction of sp³-hybridized carbons (Fsp3) is 0.875. The van der Waals surface area contributed by atoms with Gasteiger partial charge in [0.1, 0.15) is 11.5 Å². The van der Waals surface area contributed by atoms with E-state index in [0.717, 1.165) is 25.7 Å². The van der Waals surface area contributed by atoms with Crippen LogP contribution in [-0.4, -0.2) is 34.4 Å². The second kappa shape index (κ2) is 8.32. The lowest BCUT2D eigenvalue weighted by Crippen LogP contribution is -2.69. The zero-order chi connectivity index (χ0) is 27.3. The molecular formula is C32H50O5. The van der Waals surface area contributed by atoms with E-state index in [1.165, 1.54) is 31.8 Å². The zero-order valence-corrected chi connectivity index (χ0v) is 24.4. The fourth-order valence-corrected chi connectivity index (χ4v) is 11.3. The van der Waals surface area contributed by atoms with Crippen molar-refractivity contribution in [1.29, 1.82) is 0 Å². The van der Waals surface area contributed by atoms with Crippen molar-refractivity contribution in [1.82, 2.24) is 0 Å². The molecule has 0 spiro atoms. The molecule has 0 unspecified atom stereocenters. The molecule has 0 aliphatic heterocycles. The fourth-order valence-electron chi connectivity index (χ4n) is 11.3. The van der Waals surface area contributed by atoms with Crippen molar-refractivity contribution in [3.63, 3.8) is 0 Å². The topological polar surface area (TPSA) is 83.8 Å². The van der Waals surface area contributed by atoms with E-state index >= 15 is 0 Å². The summed E-state index contributed by atoms with van der Waals surface area (Å²) in [6, 6.07) is 0. The van der Waals surface area contributed by atoms with Crippen LogP contribution in [0.5, 0.6) is 0 Å². The summed E-state index contributed by atoms with van der Waals surface area (Å²) in [7, 11) is 0. The number of fused-ring (bicyclic) bond motifs is 7. The summed E-state index contributed by atoms with van der Waals surface area (Å²) in [6.45, 7) is 17.6. The highest BCUT2D eigenvalue weighted by molar-refractivity contribution is 5.77. The van der Waals surface area contributed by atoms with Gasteiger partial charge in [-0.1, -0.05) is 53.2 Å². The Labute approximate surface area is 223 Å². The van der Waals surface area contributed by atoms with Gasteiger partial charge in [-0.2, -0.15) is 0 Å². The quantitative estimate of drug-likeness (QED) is 0.319. The Morgan fingerprint density at radius 3 is 2.24 bits per heavy atom. The Morgan fingerprint density at radius 2 is 1.62 bits per heavy atom. The van der Waals surface area contributed by atoms with Gasteiger partial charge in [0.25, 0.3) is 0 Å². The van der Waals surface area contributed by atoms with Crippen molar-refractivity contribution in [2.75, 3.05) is 0 Å². The summed E-state index contributed by atoms with van der Waals surface area (Å²) >= 11 is 0. The standard InChI is InChI=1S/C32H50O5/c1-18-9-12-28(4)15-16-30(6)21(25(28)19(18)2)17-22(34)26-29(5)13-11-24(37-20(3)33)32(8,27(35)36)23(29)10-14-31(26,30)7/h17-19,22-26,34H,9-16H2,1-8H3,(H,35,36)/t18-,19+,22-,23-,24-,25-,26+,28-,29+,30-,31-,32-/m1/s1. The van der Waals surface area contributed by atoms with Crippen molar-refractivity contribution >= 4 is 11.9 Å². The summed E-state index contributed by atoms with van der Waals surface area (Å²) in [6.07, 6.45) is 8.93. The summed E-state index contributed by atoms with van der Waals surface area (Å²) in [4.78, 5) is 24.8. The van der Waals surface area contributed by atoms with Crippen LogP contribution in [0.15, 0.2) is 11.6 Å². The zero-order valence-electron chi connectivity index (χ0n) is 24.4. The van der Waals surface area contributed by atoms with Crippen LogP contribution in [0, 0.1) is 56.7 Å². The maximum absolute atomic E-state index is 12.9. The van der Waals surface area contributed by atoms with E-state index in [9.17, 15) is 19.8 Å². The SMILES string of the molecule is CC(=O)O[C@@H]1CC[C@@]2(C)[C@@H](CC[C@]3(C)[C@H]2[C@H](O)C=C2[C@H]4[C@@H](C)[C@H](C)CC[C@]4(C)CC[C@]23C)[C@@]1(C)C(=O)O. The number of aliphatic hydroxyl groups is 1. The first-order chi connectivity index (χ1) is 17.1. The predicted octanol–water partition coefficient (Wildman–Crippen LogP) is 6.63. The third-order valence-corrected chi connectivity index (χ3v) is 13.7. The number of carbonyl (C=O) groups is 2. The van der Waals surface area contributed by atoms with Crippen LogP contribution < -0.4 is 0 Å². The third-order valence-electron chi connectivity index (χ3n) is 13.7. The van der Waals surface area contributed by atoms with E-state index in [-0.39, 0.29) is 28.1 Å². The number of carbonyl (C=O) groups excluding carboxylic acids is 1. The lowest BCUT2D eigenvalue weighted by Gasteiger charge is -2.72. The summed E-state index contributed by atoms with van der Waals surface area (Å²) < 4.78 is 5.65. The molecule has 5 heteroatoms. The summed E-state index contributed by atoms with van der Waals surface area (Å²) in [5.41, 5.74) is 0.161. The number of aliphatic hydroxyl groups excluding tert-OH is 1. The van der Waals surface area contributed by atoms with Gasteiger partial charge in [-0.15, -0.1) is 0 Å². The van der Waals surface area contributed by atoms with Crippen LogP contribution in [0.3, 0.4) is 0 Å². The van der Waals surface area contributed by atoms with Crippen LogP contribution in [0.25, 0.3) is 0 Å². The molecule has 0 aromatic carbocycles. The van der Waals surface area contributed by atoms with E-state index < -0.39 is 29.6 Å². The van der Waals surface area contributed by atoms with Crippen molar-refractivity contribution in [2.45, 2.75) is 119 Å². The smallest absolute Gasteiger partial charge is 0.313 e. The molecule has 0 amide bonds. The number of rotatable bonds is 2. The van der Waals surface area contributed by atoms with E-state index in [1.807, 2.05) is 0 Å². The molecule has 0 heterocycles. The number of ether oxygens (including phenoxy) is 1. The highest BCUT2D eigenvalue weighted by Gasteiger charge is 2.72. The molecule has 4 fully saturated rings. The lowest BCUT2D eigenvalue weighted by molar-refractivity contribution is -0.237. The predicted molar refractivity (Wildman–Crippen MR) is 144 cm³/mol. The van der Waals surface area contributed by atoms with Crippen molar-refractivity contribution in [3.8, 4) is 0 Å². The number of aliphatic carboxylic acids is 1. The minimum atomic E-state index is -1.16. The Morgan fingerprint density at radius 1 is 0.946 bits per heavy atom. The maximum Gasteiger partial charge on any atom is 0.313 e. The number of allylic oxidation sites excluding steroid dienone is 1. The van der Waals surface area contributed by atoms with Crippen LogP contribution in [0.2, 0.25) is 0 Å². The summed E-state index contributed by atoms with van der Waals surface area (Å²) in [5.74, 6) is 0.292. The molecule has 0 aromatic rings. The maximum atomic E-state index is 12.9. The van der Waals surface area contributed by atoms with Crippen LogP contribution in [0.4, 0.5) is 0 Å². The second-order valence-corrected chi connectivity index (χ2v) is 15.2. The van der Waals surface area contributed by atoms with Gasteiger partial charge in [-0.25, -0.2) is 0 Å². The molecule has 0 aromatic heterocycles. The second-order valence-electron chi connectivity index (χ2n) is 15.2. The van der Waals surface area contributed by atoms with E-state index in [0.29, 0.717) is 29.6 Å². The Kier molecular flexibility index (Phi) is 6.12. The monoisotopic (exact) mass is 514 g/mol. The molecule has 5 nitrogen and oxygen atoms in total. The third kappa shape index (κ3) is 3.37. The minimum absolute atomic E-state index is 0.00721. The highest BCUT2D eigenvalue weighted by atomic mass is 16.5. The van der Waals surface area contributed by atoms with Crippen LogP contribution in [0.1, 0.15) is 107 Å². The van der Waals surface area contributed by atoms with Gasteiger partial charge in [0.15, 0.2) is 0 Å². The van der Waals surface area contributed by atoms with Crippen molar-refractivity contribution in [3.05, 3.63) is 11.6 Å². The number of carboxylic acids is 1.